The summed E-state index contributed by atoms with van der Waals surface area (Å²) >= 11 is 0. The lowest BCUT2D eigenvalue weighted by molar-refractivity contribution is 0.102. The molecule has 2 aromatic rings. The second-order valence-electron chi connectivity index (χ2n) is 6.09. The maximum Gasteiger partial charge on any atom is 0.257 e. The normalized spacial score (nSPS) is 17.8. The molecule has 5 heteroatoms. The zero-order chi connectivity index (χ0) is 16.2. The first-order valence-corrected chi connectivity index (χ1v) is 7.89. The molecular weight excluding hydrogens is 293 g/mol. The van der Waals surface area contributed by atoms with E-state index in [0.717, 1.165) is 25.2 Å². The fourth-order valence-electron chi connectivity index (χ4n) is 2.92. The summed E-state index contributed by atoms with van der Waals surface area (Å²) in [6.07, 6.45) is 5.72. The molecule has 0 saturated carbocycles. The Bertz CT molecular complexity index is 704. The topological polar surface area (TPSA) is 45.2 Å². The van der Waals surface area contributed by atoms with Gasteiger partial charge in [0, 0.05) is 25.0 Å². The second kappa shape index (κ2) is 6.77. The Morgan fingerprint density at radius 2 is 2.22 bits per heavy atom. The van der Waals surface area contributed by atoms with Crippen molar-refractivity contribution in [2.75, 3.05) is 23.3 Å². The molecule has 1 unspecified atom stereocenters. The van der Waals surface area contributed by atoms with E-state index in [0.29, 0.717) is 17.2 Å². The van der Waals surface area contributed by atoms with Gasteiger partial charge in [-0.2, -0.15) is 0 Å². The van der Waals surface area contributed by atoms with E-state index in [1.807, 2.05) is 6.07 Å². The van der Waals surface area contributed by atoms with Crippen LogP contribution in [0.3, 0.4) is 0 Å². The van der Waals surface area contributed by atoms with Crippen molar-refractivity contribution in [1.82, 2.24) is 4.98 Å². The van der Waals surface area contributed by atoms with E-state index in [2.05, 4.69) is 22.1 Å². The molecular formula is C18H20FN3O. The third-order valence-electron chi connectivity index (χ3n) is 4.09. The molecule has 1 aromatic heterocycles. The molecule has 0 radical (unpaired) electrons. The van der Waals surface area contributed by atoms with Gasteiger partial charge in [0.25, 0.3) is 5.91 Å². The van der Waals surface area contributed by atoms with E-state index in [1.165, 1.54) is 24.8 Å². The van der Waals surface area contributed by atoms with E-state index in [9.17, 15) is 9.18 Å². The van der Waals surface area contributed by atoms with E-state index in [-0.39, 0.29) is 11.7 Å². The van der Waals surface area contributed by atoms with Gasteiger partial charge >= 0.3 is 0 Å². The maximum absolute atomic E-state index is 13.2. The Hall–Kier alpha value is -2.43. The SMILES string of the molecule is CC1CCCN(c2cncc(C(=O)Nc3cccc(F)c3)c2)C1. The lowest BCUT2D eigenvalue weighted by Gasteiger charge is -2.32. The molecule has 1 N–H and O–H groups in total. The Morgan fingerprint density at radius 1 is 1.35 bits per heavy atom. The summed E-state index contributed by atoms with van der Waals surface area (Å²) in [5, 5.41) is 2.70. The number of carbonyl (C=O) groups is 1. The highest BCUT2D eigenvalue weighted by Gasteiger charge is 2.18. The van der Waals surface area contributed by atoms with Gasteiger partial charge in [-0.15, -0.1) is 0 Å². The van der Waals surface area contributed by atoms with Crippen molar-refractivity contribution in [2.24, 2.45) is 5.92 Å². The predicted octanol–water partition coefficient (Wildman–Crippen LogP) is 3.71. The fourth-order valence-corrected chi connectivity index (χ4v) is 2.92. The van der Waals surface area contributed by atoms with Crippen molar-refractivity contribution >= 4 is 17.3 Å². The average molecular weight is 313 g/mol. The number of nitrogens with one attached hydrogen (secondary N) is 1. The van der Waals surface area contributed by atoms with Gasteiger partial charge in [-0.3, -0.25) is 9.78 Å². The number of pyridine rings is 1. The van der Waals surface area contributed by atoms with Crippen LogP contribution in [0.1, 0.15) is 30.1 Å². The maximum atomic E-state index is 13.2. The number of halogens is 1. The van der Waals surface area contributed by atoms with Crippen LogP contribution in [-0.4, -0.2) is 24.0 Å². The average Bonchev–Trinajstić information content (AvgIpc) is 2.55. The Labute approximate surface area is 135 Å². The highest BCUT2D eigenvalue weighted by molar-refractivity contribution is 6.04. The summed E-state index contributed by atoms with van der Waals surface area (Å²) in [6.45, 7) is 4.21. The molecule has 0 spiro atoms. The van der Waals surface area contributed by atoms with Crippen LogP contribution in [0.2, 0.25) is 0 Å². The zero-order valence-electron chi connectivity index (χ0n) is 13.1. The summed E-state index contributed by atoms with van der Waals surface area (Å²) in [5.74, 6) is -0.0134. The van der Waals surface area contributed by atoms with Crippen molar-refractivity contribution in [1.29, 1.82) is 0 Å². The standard InChI is InChI=1S/C18H20FN3O/c1-13-4-3-7-22(12-13)17-8-14(10-20-11-17)18(23)21-16-6-2-5-15(19)9-16/h2,5-6,8-11,13H,3-4,7,12H2,1H3,(H,21,23). The molecule has 1 amide bonds. The molecule has 4 nitrogen and oxygen atoms in total. The number of nitrogens with zero attached hydrogens (tertiary/aromatic N) is 2. The minimum Gasteiger partial charge on any atom is -0.370 e. The Kier molecular flexibility index (Phi) is 4.55. The molecule has 1 saturated heterocycles. The number of piperidine rings is 1. The van der Waals surface area contributed by atoms with Gasteiger partial charge in [0.15, 0.2) is 0 Å². The van der Waals surface area contributed by atoms with Gasteiger partial charge in [0.05, 0.1) is 17.4 Å². The van der Waals surface area contributed by atoms with Crippen LogP contribution in [0.25, 0.3) is 0 Å². The van der Waals surface area contributed by atoms with Crippen LogP contribution in [-0.2, 0) is 0 Å². The van der Waals surface area contributed by atoms with E-state index < -0.39 is 0 Å². The molecule has 3 rings (SSSR count). The molecule has 23 heavy (non-hydrogen) atoms. The minimum atomic E-state index is -0.378. The lowest BCUT2D eigenvalue weighted by atomic mass is 10.00. The second-order valence-corrected chi connectivity index (χ2v) is 6.09. The quantitative estimate of drug-likeness (QED) is 0.939. The van der Waals surface area contributed by atoms with Crippen LogP contribution < -0.4 is 10.2 Å². The number of benzene rings is 1. The third kappa shape index (κ3) is 3.86. The summed E-state index contributed by atoms with van der Waals surface area (Å²) < 4.78 is 13.2. The van der Waals surface area contributed by atoms with E-state index >= 15 is 0 Å². The van der Waals surface area contributed by atoms with Gasteiger partial charge in [-0.05, 0) is 43.0 Å². The van der Waals surface area contributed by atoms with Crippen LogP contribution in [0.15, 0.2) is 42.7 Å². The van der Waals surface area contributed by atoms with Gasteiger partial charge in [-0.25, -0.2) is 4.39 Å². The minimum absolute atomic E-state index is 0.282. The number of anilines is 2. The summed E-state index contributed by atoms with van der Waals surface area (Å²) in [4.78, 5) is 18.8. The van der Waals surface area contributed by atoms with E-state index in [4.69, 9.17) is 0 Å². The summed E-state index contributed by atoms with van der Waals surface area (Å²) in [5.41, 5.74) is 1.88. The van der Waals surface area contributed by atoms with Crippen LogP contribution in [0, 0.1) is 11.7 Å². The van der Waals surface area contributed by atoms with Gasteiger partial charge in [0.2, 0.25) is 0 Å². The molecule has 1 aliphatic rings. The van der Waals surface area contributed by atoms with Gasteiger partial charge in [-0.1, -0.05) is 13.0 Å². The number of carbonyl (C=O) groups excluding carboxylic acids is 1. The molecule has 2 heterocycles. The molecule has 1 aromatic carbocycles. The Balaban J connectivity index is 1.75. The Morgan fingerprint density at radius 3 is 3.00 bits per heavy atom. The van der Waals surface area contributed by atoms with Crippen LogP contribution >= 0.6 is 0 Å². The molecule has 0 bridgehead atoms. The number of amides is 1. The fraction of sp³-hybridized carbons (Fsp3) is 0.333. The van der Waals surface area contributed by atoms with Gasteiger partial charge in [0.1, 0.15) is 5.82 Å². The number of hydrogen-bond donors (Lipinski definition) is 1. The van der Waals surface area contributed by atoms with Crippen molar-refractivity contribution < 1.29 is 9.18 Å². The monoisotopic (exact) mass is 313 g/mol. The molecule has 1 fully saturated rings. The number of rotatable bonds is 3. The van der Waals surface area contributed by atoms with Crippen molar-refractivity contribution in [2.45, 2.75) is 19.8 Å². The number of aromatic nitrogens is 1. The molecule has 1 atom stereocenters. The van der Waals surface area contributed by atoms with Crippen molar-refractivity contribution in [3.63, 3.8) is 0 Å². The van der Waals surface area contributed by atoms with Crippen molar-refractivity contribution in [3.8, 4) is 0 Å². The molecule has 1 aliphatic heterocycles. The smallest absolute Gasteiger partial charge is 0.257 e. The first-order chi connectivity index (χ1) is 11.1. The lowest BCUT2D eigenvalue weighted by Crippen LogP contribution is -2.34. The number of hydrogen-bond acceptors (Lipinski definition) is 3. The van der Waals surface area contributed by atoms with Crippen molar-refractivity contribution in [3.05, 3.63) is 54.1 Å². The van der Waals surface area contributed by atoms with Crippen LogP contribution in [0.4, 0.5) is 15.8 Å². The summed E-state index contributed by atoms with van der Waals surface area (Å²) in [6, 6.07) is 7.70. The molecule has 0 aliphatic carbocycles. The highest BCUT2D eigenvalue weighted by Crippen LogP contribution is 2.23. The predicted molar refractivity (Wildman–Crippen MR) is 89.2 cm³/mol. The third-order valence-corrected chi connectivity index (χ3v) is 4.09. The largest absolute Gasteiger partial charge is 0.370 e. The first-order valence-electron chi connectivity index (χ1n) is 7.89. The van der Waals surface area contributed by atoms with Gasteiger partial charge < -0.3 is 10.2 Å². The summed E-state index contributed by atoms with van der Waals surface area (Å²) in [7, 11) is 0. The van der Waals surface area contributed by atoms with Crippen LogP contribution in [0.5, 0.6) is 0 Å². The molecule has 120 valence electrons. The van der Waals surface area contributed by atoms with E-state index in [1.54, 1.807) is 18.3 Å². The first kappa shape index (κ1) is 15.5. The zero-order valence-corrected chi connectivity index (χ0v) is 13.1. The highest BCUT2D eigenvalue weighted by atomic mass is 19.1.